The maximum absolute atomic E-state index is 10.9. The van der Waals surface area contributed by atoms with Crippen LogP contribution in [0.5, 0.6) is 0 Å². The zero-order chi connectivity index (χ0) is 14.7. The van der Waals surface area contributed by atoms with Crippen molar-refractivity contribution in [2.45, 2.75) is 17.1 Å². The molecule has 2 aromatic carbocycles. The monoisotopic (exact) mass is 304 g/mol. The molecule has 1 saturated heterocycles. The molecule has 0 spiro atoms. The summed E-state index contributed by atoms with van der Waals surface area (Å²) in [5.74, 6) is 0.234. The van der Waals surface area contributed by atoms with E-state index in [1.165, 1.54) is 5.56 Å². The molecular formula is C16H16O4S. The summed E-state index contributed by atoms with van der Waals surface area (Å²) in [4.78, 5) is 0.298. The standard InChI is InChI=1S/C16H16O4S/c17-21(18)15-8-6-13(7-9-15)16-19-10-14(11-20-16)12-4-2-1-3-5-12/h1-9,14,16,21H,10-11H2. The van der Waals surface area contributed by atoms with Gasteiger partial charge in [0.05, 0.1) is 18.1 Å². The zero-order valence-corrected chi connectivity index (χ0v) is 12.2. The highest BCUT2D eigenvalue weighted by Gasteiger charge is 2.24. The Morgan fingerprint density at radius 1 is 0.810 bits per heavy atom. The Morgan fingerprint density at radius 3 is 2.00 bits per heavy atom. The van der Waals surface area contributed by atoms with Crippen LogP contribution in [-0.2, 0) is 20.2 Å². The molecule has 2 aromatic rings. The van der Waals surface area contributed by atoms with Gasteiger partial charge in [-0.25, -0.2) is 8.42 Å². The van der Waals surface area contributed by atoms with Crippen molar-refractivity contribution in [3.8, 4) is 0 Å². The Balaban J connectivity index is 1.65. The van der Waals surface area contributed by atoms with Gasteiger partial charge in [-0.1, -0.05) is 42.5 Å². The van der Waals surface area contributed by atoms with E-state index in [1.807, 2.05) is 18.2 Å². The molecule has 0 bridgehead atoms. The number of thiol groups is 1. The molecule has 0 unspecified atom stereocenters. The number of rotatable bonds is 3. The molecule has 0 atom stereocenters. The van der Waals surface area contributed by atoms with Crippen molar-refractivity contribution in [1.29, 1.82) is 0 Å². The maximum atomic E-state index is 10.9. The molecule has 110 valence electrons. The van der Waals surface area contributed by atoms with Crippen LogP contribution in [-0.4, -0.2) is 21.6 Å². The molecule has 5 heteroatoms. The largest absolute Gasteiger partial charge is 0.348 e. The van der Waals surface area contributed by atoms with Gasteiger partial charge in [-0.3, -0.25) is 0 Å². The predicted octanol–water partition coefficient (Wildman–Crippen LogP) is 2.49. The van der Waals surface area contributed by atoms with Gasteiger partial charge in [0, 0.05) is 11.5 Å². The fraction of sp³-hybridized carbons (Fsp3) is 0.250. The summed E-state index contributed by atoms with van der Waals surface area (Å²) in [5.41, 5.74) is 2.04. The van der Waals surface area contributed by atoms with E-state index in [0.29, 0.717) is 18.1 Å². The normalized spacial score (nSPS) is 22.3. The molecule has 0 saturated carbocycles. The van der Waals surface area contributed by atoms with E-state index in [-0.39, 0.29) is 5.92 Å². The fourth-order valence-corrected chi connectivity index (χ4v) is 2.76. The van der Waals surface area contributed by atoms with Crippen LogP contribution in [0.1, 0.15) is 23.3 Å². The van der Waals surface area contributed by atoms with E-state index in [0.717, 1.165) is 5.56 Å². The van der Waals surface area contributed by atoms with Gasteiger partial charge in [-0.15, -0.1) is 0 Å². The molecule has 1 aliphatic heterocycles. The first kappa shape index (κ1) is 14.3. The number of hydrogen-bond donors (Lipinski definition) is 1. The van der Waals surface area contributed by atoms with Crippen molar-refractivity contribution >= 4 is 10.7 Å². The van der Waals surface area contributed by atoms with Crippen LogP contribution in [0.4, 0.5) is 0 Å². The third-order valence-corrected chi connectivity index (χ3v) is 4.26. The van der Waals surface area contributed by atoms with Crippen LogP contribution in [0.25, 0.3) is 0 Å². The van der Waals surface area contributed by atoms with Gasteiger partial charge in [0.2, 0.25) is 0 Å². The van der Waals surface area contributed by atoms with Gasteiger partial charge < -0.3 is 9.47 Å². The maximum Gasteiger partial charge on any atom is 0.183 e. The van der Waals surface area contributed by atoms with Crippen molar-refractivity contribution in [2.75, 3.05) is 13.2 Å². The van der Waals surface area contributed by atoms with E-state index in [1.54, 1.807) is 24.3 Å². The van der Waals surface area contributed by atoms with Gasteiger partial charge in [-0.05, 0) is 17.7 Å². The Hall–Kier alpha value is -1.69. The smallest absolute Gasteiger partial charge is 0.183 e. The van der Waals surface area contributed by atoms with Crippen molar-refractivity contribution < 1.29 is 17.9 Å². The lowest BCUT2D eigenvalue weighted by Crippen LogP contribution is -2.25. The predicted molar refractivity (Wildman–Crippen MR) is 78.9 cm³/mol. The summed E-state index contributed by atoms with van der Waals surface area (Å²) in [6.07, 6.45) is -0.427. The van der Waals surface area contributed by atoms with E-state index < -0.39 is 17.0 Å². The van der Waals surface area contributed by atoms with Crippen LogP contribution in [0.15, 0.2) is 59.5 Å². The second-order valence-electron chi connectivity index (χ2n) is 4.95. The Morgan fingerprint density at radius 2 is 1.43 bits per heavy atom. The topological polar surface area (TPSA) is 52.6 Å². The molecule has 0 N–H and O–H groups in total. The van der Waals surface area contributed by atoms with Gasteiger partial charge in [0.1, 0.15) is 0 Å². The van der Waals surface area contributed by atoms with Gasteiger partial charge >= 0.3 is 0 Å². The fourth-order valence-electron chi connectivity index (χ4n) is 2.37. The van der Waals surface area contributed by atoms with Crippen molar-refractivity contribution in [1.82, 2.24) is 0 Å². The summed E-state index contributed by atoms with van der Waals surface area (Å²) in [6, 6.07) is 16.7. The Bertz CT molecular complexity index is 648. The Labute approximate surface area is 125 Å². The summed E-state index contributed by atoms with van der Waals surface area (Å²) in [6.45, 7) is 1.18. The van der Waals surface area contributed by atoms with E-state index in [2.05, 4.69) is 12.1 Å². The Kier molecular flexibility index (Phi) is 4.34. The number of hydrogen-bond acceptors (Lipinski definition) is 4. The van der Waals surface area contributed by atoms with Crippen molar-refractivity contribution in [3.63, 3.8) is 0 Å². The summed E-state index contributed by atoms with van der Waals surface area (Å²) in [5, 5.41) is 0. The molecule has 3 rings (SSSR count). The lowest BCUT2D eigenvalue weighted by Gasteiger charge is -2.29. The van der Waals surface area contributed by atoms with Crippen LogP contribution in [0.2, 0.25) is 0 Å². The van der Waals surface area contributed by atoms with Crippen LogP contribution in [0.3, 0.4) is 0 Å². The quantitative estimate of drug-likeness (QED) is 0.885. The third kappa shape index (κ3) is 3.32. The summed E-state index contributed by atoms with van der Waals surface area (Å²) >= 11 is 0. The highest BCUT2D eigenvalue weighted by Crippen LogP contribution is 2.29. The average molecular weight is 304 g/mol. The minimum absolute atomic E-state index is 0.234. The molecule has 1 aliphatic rings. The average Bonchev–Trinajstić information content (AvgIpc) is 2.56. The molecule has 4 nitrogen and oxygen atoms in total. The second-order valence-corrected chi connectivity index (χ2v) is 5.99. The molecular weight excluding hydrogens is 288 g/mol. The molecule has 0 aliphatic carbocycles. The highest BCUT2D eigenvalue weighted by molar-refractivity contribution is 7.72. The molecule has 0 amide bonds. The van der Waals surface area contributed by atoms with E-state index in [4.69, 9.17) is 9.47 Å². The molecule has 0 aromatic heterocycles. The van der Waals surface area contributed by atoms with E-state index in [9.17, 15) is 8.42 Å². The molecule has 1 fully saturated rings. The first-order chi connectivity index (χ1) is 10.2. The van der Waals surface area contributed by atoms with Crippen LogP contribution < -0.4 is 0 Å². The number of ether oxygens (including phenoxy) is 2. The second kappa shape index (κ2) is 6.39. The van der Waals surface area contributed by atoms with E-state index >= 15 is 0 Å². The minimum Gasteiger partial charge on any atom is -0.348 e. The lowest BCUT2D eigenvalue weighted by atomic mass is 10.0. The van der Waals surface area contributed by atoms with Gasteiger partial charge in [0.15, 0.2) is 17.0 Å². The van der Waals surface area contributed by atoms with Gasteiger partial charge in [0.25, 0.3) is 0 Å². The first-order valence-electron chi connectivity index (χ1n) is 6.76. The molecule has 0 radical (unpaired) electrons. The minimum atomic E-state index is -2.54. The molecule has 21 heavy (non-hydrogen) atoms. The SMILES string of the molecule is O=[SH](=O)c1ccc(C2OCC(c3ccccc3)CO2)cc1. The molecule has 1 heterocycles. The number of benzene rings is 2. The summed E-state index contributed by atoms with van der Waals surface area (Å²) < 4.78 is 33.2. The van der Waals surface area contributed by atoms with Gasteiger partial charge in [-0.2, -0.15) is 0 Å². The summed E-state index contributed by atoms with van der Waals surface area (Å²) in [7, 11) is -2.54. The highest BCUT2D eigenvalue weighted by atomic mass is 32.2. The van der Waals surface area contributed by atoms with Crippen molar-refractivity contribution in [2.24, 2.45) is 0 Å². The van der Waals surface area contributed by atoms with Crippen LogP contribution >= 0.6 is 0 Å². The zero-order valence-electron chi connectivity index (χ0n) is 11.3. The third-order valence-electron chi connectivity index (χ3n) is 3.54. The van der Waals surface area contributed by atoms with Crippen LogP contribution in [0, 0.1) is 0 Å². The van der Waals surface area contributed by atoms with Crippen molar-refractivity contribution in [3.05, 3.63) is 65.7 Å². The first-order valence-corrected chi connectivity index (χ1v) is 7.94. The lowest BCUT2D eigenvalue weighted by molar-refractivity contribution is -0.191.